The van der Waals surface area contributed by atoms with Crippen LogP contribution in [0.15, 0.2) is 24.3 Å². The average Bonchev–Trinajstić information content (AvgIpc) is 2.53. The van der Waals surface area contributed by atoms with Crippen molar-refractivity contribution in [1.82, 2.24) is 4.90 Å². The second-order valence-corrected chi connectivity index (χ2v) is 7.61. The number of rotatable bonds is 1. The number of benzene rings is 1. The van der Waals surface area contributed by atoms with Gasteiger partial charge in [0.25, 0.3) is 0 Å². The molecule has 0 aromatic heterocycles. The van der Waals surface area contributed by atoms with Gasteiger partial charge in [-0.3, -0.25) is 0 Å². The maximum absolute atomic E-state index is 12.3. The third-order valence-corrected chi connectivity index (χ3v) is 4.53. The maximum Gasteiger partial charge on any atom is 0.410 e. The molecule has 3 nitrogen and oxygen atoms in total. The fourth-order valence-corrected chi connectivity index (χ4v) is 3.34. The van der Waals surface area contributed by atoms with Crippen molar-refractivity contribution < 1.29 is 9.53 Å². The highest BCUT2D eigenvalue weighted by Crippen LogP contribution is 2.30. The highest BCUT2D eigenvalue weighted by molar-refractivity contribution is 5.70. The Morgan fingerprint density at radius 1 is 1.13 bits per heavy atom. The van der Waals surface area contributed by atoms with Crippen LogP contribution < -0.4 is 0 Å². The Bertz CT molecular complexity index is 625. The summed E-state index contributed by atoms with van der Waals surface area (Å²) in [6.07, 6.45) is 8.04. The normalized spacial score (nSPS) is 18.2. The minimum Gasteiger partial charge on any atom is -0.444 e. The Labute approximate surface area is 139 Å². The zero-order chi connectivity index (χ0) is 16.4. The van der Waals surface area contributed by atoms with E-state index in [9.17, 15) is 4.79 Å². The second-order valence-electron chi connectivity index (χ2n) is 7.61. The Morgan fingerprint density at radius 3 is 2.65 bits per heavy atom. The van der Waals surface area contributed by atoms with E-state index < -0.39 is 5.60 Å². The lowest BCUT2D eigenvalue weighted by Crippen LogP contribution is -2.39. The van der Waals surface area contributed by atoms with Gasteiger partial charge in [0.15, 0.2) is 0 Å². The molecule has 0 N–H and O–H groups in total. The summed E-state index contributed by atoms with van der Waals surface area (Å²) in [4.78, 5) is 14.1. The van der Waals surface area contributed by atoms with E-state index >= 15 is 0 Å². The van der Waals surface area contributed by atoms with E-state index in [1.54, 1.807) is 0 Å². The molecule has 1 heterocycles. The first kappa shape index (κ1) is 16.1. The summed E-state index contributed by atoms with van der Waals surface area (Å²) in [7, 11) is 0. The number of amides is 1. The molecular formula is C20H27NO2. The molecule has 0 saturated heterocycles. The van der Waals surface area contributed by atoms with Crippen molar-refractivity contribution in [3.8, 4) is 0 Å². The lowest BCUT2D eigenvalue weighted by molar-refractivity contribution is 0.0224. The van der Waals surface area contributed by atoms with Crippen LogP contribution in [0.25, 0.3) is 5.57 Å². The summed E-state index contributed by atoms with van der Waals surface area (Å²) >= 11 is 0. The Balaban J connectivity index is 1.76. The molecule has 1 aliphatic heterocycles. The first-order chi connectivity index (χ1) is 10.9. The summed E-state index contributed by atoms with van der Waals surface area (Å²) < 4.78 is 5.51. The molecule has 3 heteroatoms. The SMILES string of the molecule is CC(C)(C)OC(=O)N1CCc2ccc(C3=CCCCC3)cc2C1. The molecule has 3 rings (SSSR count). The zero-order valence-corrected chi connectivity index (χ0v) is 14.5. The van der Waals surface area contributed by atoms with Crippen LogP contribution in [0.3, 0.4) is 0 Å². The van der Waals surface area contributed by atoms with Crippen LogP contribution >= 0.6 is 0 Å². The van der Waals surface area contributed by atoms with Crippen molar-refractivity contribution in [2.24, 2.45) is 0 Å². The van der Waals surface area contributed by atoms with Crippen molar-refractivity contribution in [1.29, 1.82) is 0 Å². The third kappa shape index (κ3) is 3.95. The largest absolute Gasteiger partial charge is 0.444 e. The van der Waals surface area contributed by atoms with Gasteiger partial charge in [-0.25, -0.2) is 4.79 Å². The van der Waals surface area contributed by atoms with Gasteiger partial charge in [-0.1, -0.05) is 18.2 Å². The Hall–Kier alpha value is -1.77. The standard InChI is InChI=1S/C20H27NO2/c1-20(2,3)23-19(22)21-12-11-16-9-10-17(13-18(16)14-21)15-7-5-4-6-8-15/h7,9-10,13H,4-6,8,11-12,14H2,1-3H3. The van der Waals surface area contributed by atoms with Crippen molar-refractivity contribution in [3.63, 3.8) is 0 Å². The predicted molar refractivity (Wildman–Crippen MR) is 93.2 cm³/mol. The quantitative estimate of drug-likeness (QED) is 0.735. The number of carbonyl (C=O) groups excluding carboxylic acids is 1. The molecule has 0 bridgehead atoms. The lowest BCUT2D eigenvalue weighted by Gasteiger charge is -2.31. The summed E-state index contributed by atoms with van der Waals surface area (Å²) in [6, 6.07) is 6.77. The van der Waals surface area contributed by atoms with Gasteiger partial charge in [0.05, 0.1) is 0 Å². The van der Waals surface area contributed by atoms with Crippen molar-refractivity contribution in [2.45, 2.75) is 65.0 Å². The van der Waals surface area contributed by atoms with Crippen molar-refractivity contribution in [2.75, 3.05) is 6.54 Å². The van der Waals surface area contributed by atoms with E-state index in [0.717, 1.165) is 13.0 Å². The van der Waals surface area contributed by atoms with E-state index in [1.807, 2.05) is 25.7 Å². The van der Waals surface area contributed by atoms with Crippen LogP contribution in [0.4, 0.5) is 4.79 Å². The molecule has 0 spiro atoms. The maximum atomic E-state index is 12.3. The highest BCUT2D eigenvalue weighted by Gasteiger charge is 2.26. The number of nitrogens with zero attached hydrogens (tertiary/aromatic N) is 1. The number of hydrogen-bond acceptors (Lipinski definition) is 2. The van der Waals surface area contributed by atoms with Crippen molar-refractivity contribution in [3.05, 3.63) is 41.0 Å². The molecule has 0 radical (unpaired) electrons. The van der Waals surface area contributed by atoms with Crippen LogP contribution in [-0.4, -0.2) is 23.1 Å². The Morgan fingerprint density at radius 2 is 1.96 bits per heavy atom. The second kappa shape index (κ2) is 6.38. The molecule has 23 heavy (non-hydrogen) atoms. The molecule has 1 amide bonds. The molecule has 1 aromatic carbocycles. The van der Waals surface area contributed by atoms with Crippen LogP contribution in [0.1, 0.15) is 63.1 Å². The average molecular weight is 313 g/mol. The third-order valence-electron chi connectivity index (χ3n) is 4.53. The lowest BCUT2D eigenvalue weighted by atomic mass is 9.90. The highest BCUT2D eigenvalue weighted by atomic mass is 16.6. The van der Waals surface area contributed by atoms with Crippen LogP contribution in [0.2, 0.25) is 0 Å². The molecule has 1 aliphatic carbocycles. The van der Waals surface area contributed by atoms with Crippen molar-refractivity contribution >= 4 is 11.7 Å². The van der Waals surface area contributed by atoms with Gasteiger partial charge in [0, 0.05) is 13.1 Å². The molecule has 1 aromatic rings. The molecule has 0 saturated carbocycles. The van der Waals surface area contributed by atoms with E-state index in [4.69, 9.17) is 4.74 Å². The predicted octanol–water partition coefficient (Wildman–Crippen LogP) is 4.94. The summed E-state index contributed by atoms with van der Waals surface area (Å²) in [6.45, 7) is 7.14. The zero-order valence-electron chi connectivity index (χ0n) is 14.5. The Kier molecular flexibility index (Phi) is 4.47. The first-order valence-electron chi connectivity index (χ1n) is 8.71. The monoisotopic (exact) mass is 313 g/mol. The van der Waals surface area contributed by atoms with Crippen LogP contribution in [0.5, 0.6) is 0 Å². The van der Waals surface area contributed by atoms with Crippen LogP contribution in [-0.2, 0) is 17.7 Å². The van der Waals surface area contributed by atoms with E-state index in [1.165, 1.54) is 47.9 Å². The minimum absolute atomic E-state index is 0.203. The summed E-state index contributed by atoms with van der Waals surface area (Å²) in [5.74, 6) is 0. The number of allylic oxidation sites excluding steroid dienone is 2. The number of carbonyl (C=O) groups is 1. The molecular weight excluding hydrogens is 286 g/mol. The van der Waals surface area contributed by atoms with Gasteiger partial charge in [-0.15, -0.1) is 0 Å². The van der Waals surface area contributed by atoms with Crippen LogP contribution in [0, 0.1) is 0 Å². The fraction of sp³-hybridized carbons (Fsp3) is 0.550. The smallest absolute Gasteiger partial charge is 0.410 e. The number of ether oxygens (including phenoxy) is 1. The van der Waals surface area contributed by atoms with Gasteiger partial charge >= 0.3 is 6.09 Å². The molecule has 0 unspecified atom stereocenters. The number of fused-ring (bicyclic) bond motifs is 1. The van der Waals surface area contributed by atoms with Gasteiger partial charge in [-0.2, -0.15) is 0 Å². The van der Waals surface area contributed by atoms with Gasteiger partial charge < -0.3 is 9.64 Å². The summed E-state index contributed by atoms with van der Waals surface area (Å²) in [5, 5.41) is 0. The van der Waals surface area contributed by atoms with E-state index in [2.05, 4.69) is 24.3 Å². The number of hydrogen-bond donors (Lipinski definition) is 0. The van der Waals surface area contributed by atoms with Gasteiger partial charge in [0.1, 0.15) is 5.60 Å². The van der Waals surface area contributed by atoms with Gasteiger partial charge in [-0.05, 0) is 81.2 Å². The fourth-order valence-electron chi connectivity index (χ4n) is 3.34. The van der Waals surface area contributed by atoms with E-state index in [-0.39, 0.29) is 6.09 Å². The summed E-state index contributed by atoms with van der Waals surface area (Å²) in [5.41, 5.74) is 4.99. The minimum atomic E-state index is -0.438. The first-order valence-corrected chi connectivity index (χ1v) is 8.71. The molecule has 0 atom stereocenters. The van der Waals surface area contributed by atoms with E-state index in [0.29, 0.717) is 6.54 Å². The molecule has 0 fully saturated rings. The van der Waals surface area contributed by atoms with Gasteiger partial charge in [0.2, 0.25) is 0 Å². The molecule has 2 aliphatic rings. The topological polar surface area (TPSA) is 29.5 Å². The molecule has 124 valence electrons.